The normalized spacial score (nSPS) is 14.3. The molecule has 0 aliphatic rings. The van der Waals surface area contributed by atoms with Gasteiger partial charge in [-0.2, -0.15) is 0 Å². The lowest BCUT2D eigenvalue weighted by atomic mass is 10.1. The van der Waals surface area contributed by atoms with Crippen LogP contribution in [0.5, 0.6) is 5.75 Å². The minimum Gasteiger partial charge on any atom is -0.496 e. The fraction of sp³-hybridized carbons (Fsp3) is 0.643. The summed E-state index contributed by atoms with van der Waals surface area (Å²) in [4.78, 5) is 5.01. The first-order valence-corrected chi connectivity index (χ1v) is 7.23. The second-order valence-electron chi connectivity index (χ2n) is 4.84. The van der Waals surface area contributed by atoms with Crippen LogP contribution in [0.25, 0.3) is 0 Å². The zero-order chi connectivity index (χ0) is 13.7. The predicted octanol–water partition coefficient (Wildman–Crippen LogP) is 3.36. The zero-order valence-corrected chi connectivity index (χ0v) is 13.5. The number of hydrogen-bond acceptors (Lipinski definition) is 3. The van der Waals surface area contributed by atoms with E-state index in [1.54, 1.807) is 7.11 Å². The van der Waals surface area contributed by atoms with E-state index in [4.69, 9.17) is 4.74 Å². The molecule has 2 unspecified atom stereocenters. The van der Waals surface area contributed by atoms with Gasteiger partial charge in [0.25, 0.3) is 0 Å². The van der Waals surface area contributed by atoms with Gasteiger partial charge >= 0.3 is 0 Å². The Labute approximate surface area is 118 Å². The standard InChI is InChI=1S/C14H23BrN2O/c1-9-7-17-13(12(4)14(9)18-5)8-16-11(3)6-10(2)15/h7,10-11,16H,6,8H2,1-5H3. The summed E-state index contributed by atoms with van der Waals surface area (Å²) in [5.41, 5.74) is 3.27. The Morgan fingerprint density at radius 1 is 1.39 bits per heavy atom. The summed E-state index contributed by atoms with van der Waals surface area (Å²) in [5.74, 6) is 0.948. The van der Waals surface area contributed by atoms with Crippen molar-refractivity contribution in [3.63, 3.8) is 0 Å². The number of aryl methyl sites for hydroxylation is 1. The Hall–Kier alpha value is -0.610. The van der Waals surface area contributed by atoms with Crippen molar-refractivity contribution in [1.29, 1.82) is 0 Å². The van der Waals surface area contributed by atoms with E-state index < -0.39 is 0 Å². The van der Waals surface area contributed by atoms with Gasteiger partial charge in [-0.3, -0.25) is 4.98 Å². The first-order valence-electron chi connectivity index (χ1n) is 6.32. The monoisotopic (exact) mass is 314 g/mol. The predicted molar refractivity (Wildman–Crippen MR) is 79.6 cm³/mol. The fourth-order valence-electron chi connectivity index (χ4n) is 2.09. The molecule has 3 nitrogen and oxygen atoms in total. The minimum absolute atomic E-state index is 0.466. The highest BCUT2D eigenvalue weighted by Gasteiger charge is 2.11. The van der Waals surface area contributed by atoms with Gasteiger partial charge in [-0.05, 0) is 27.2 Å². The van der Waals surface area contributed by atoms with Gasteiger partial charge in [-0.15, -0.1) is 0 Å². The van der Waals surface area contributed by atoms with Crippen molar-refractivity contribution in [2.45, 2.75) is 51.5 Å². The number of rotatable bonds is 6. The average Bonchev–Trinajstić information content (AvgIpc) is 2.27. The first-order chi connectivity index (χ1) is 8.45. The van der Waals surface area contributed by atoms with Crippen molar-refractivity contribution >= 4 is 15.9 Å². The molecule has 4 heteroatoms. The first kappa shape index (κ1) is 15.4. The molecule has 1 aromatic rings. The Morgan fingerprint density at radius 2 is 2.06 bits per heavy atom. The maximum absolute atomic E-state index is 5.41. The molecule has 0 saturated carbocycles. The number of alkyl halides is 1. The van der Waals surface area contributed by atoms with Gasteiger partial charge in [-0.25, -0.2) is 0 Å². The van der Waals surface area contributed by atoms with Crippen molar-refractivity contribution in [3.8, 4) is 5.75 Å². The van der Waals surface area contributed by atoms with Gasteiger partial charge < -0.3 is 10.1 Å². The summed E-state index contributed by atoms with van der Waals surface area (Å²) in [7, 11) is 1.71. The highest BCUT2D eigenvalue weighted by atomic mass is 79.9. The smallest absolute Gasteiger partial charge is 0.128 e. The number of nitrogens with one attached hydrogen (secondary N) is 1. The summed E-state index contributed by atoms with van der Waals surface area (Å²) in [6.45, 7) is 9.22. The molecule has 0 aliphatic carbocycles. The zero-order valence-electron chi connectivity index (χ0n) is 11.9. The van der Waals surface area contributed by atoms with Gasteiger partial charge in [0.15, 0.2) is 0 Å². The largest absolute Gasteiger partial charge is 0.496 e. The molecule has 0 bridgehead atoms. The maximum atomic E-state index is 5.41. The number of methoxy groups -OCH3 is 1. The number of ether oxygens (including phenoxy) is 1. The van der Waals surface area contributed by atoms with E-state index in [1.807, 2.05) is 13.1 Å². The van der Waals surface area contributed by atoms with Crippen LogP contribution in [-0.2, 0) is 6.54 Å². The third-order valence-electron chi connectivity index (χ3n) is 3.05. The van der Waals surface area contributed by atoms with Crippen LogP contribution in [0, 0.1) is 13.8 Å². The van der Waals surface area contributed by atoms with Crippen molar-refractivity contribution in [2.75, 3.05) is 7.11 Å². The van der Waals surface area contributed by atoms with Gasteiger partial charge in [0.1, 0.15) is 5.75 Å². The lowest BCUT2D eigenvalue weighted by Gasteiger charge is -2.17. The van der Waals surface area contributed by atoms with Crippen LogP contribution >= 0.6 is 15.9 Å². The Bertz CT molecular complexity index is 394. The van der Waals surface area contributed by atoms with Gasteiger partial charge in [0.05, 0.1) is 12.8 Å². The third kappa shape index (κ3) is 4.25. The molecular weight excluding hydrogens is 292 g/mol. The Kier molecular flexibility index (Phi) is 6.09. The summed E-state index contributed by atoms with van der Waals surface area (Å²) < 4.78 is 5.41. The van der Waals surface area contributed by atoms with Crippen LogP contribution in [0.3, 0.4) is 0 Å². The molecule has 102 valence electrons. The molecule has 1 aromatic heterocycles. The van der Waals surface area contributed by atoms with E-state index in [0.29, 0.717) is 10.9 Å². The van der Waals surface area contributed by atoms with Crippen molar-refractivity contribution < 1.29 is 4.74 Å². The molecule has 0 aliphatic heterocycles. The van der Waals surface area contributed by atoms with Gasteiger partial charge in [0.2, 0.25) is 0 Å². The van der Waals surface area contributed by atoms with E-state index in [9.17, 15) is 0 Å². The molecule has 1 heterocycles. The summed E-state index contributed by atoms with van der Waals surface area (Å²) >= 11 is 3.57. The van der Waals surface area contributed by atoms with Crippen LogP contribution in [0.15, 0.2) is 6.20 Å². The maximum Gasteiger partial charge on any atom is 0.128 e. The Morgan fingerprint density at radius 3 is 2.61 bits per heavy atom. The molecule has 0 amide bonds. The molecule has 0 fully saturated rings. The number of pyridine rings is 1. The average molecular weight is 315 g/mol. The number of halogens is 1. The van der Waals surface area contributed by atoms with E-state index in [-0.39, 0.29) is 0 Å². The van der Waals surface area contributed by atoms with Crippen LogP contribution in [0.1, 0.15) is 37.1 Å². The topological polar surface area (TPSA) is 34.1 Å². The lowest BCUT2D eigenvalue weighted by molar-refractivity contribution is 0.406. The van der Waals surface area contributed by atoms with Gasteiger partial charge in [0, 0.05) is 34.7 Å². The molecule has 0 radical (unpaired) electrons. The minimum atomic E-state index is 0.466. The van der Waals surface area contributed by atoms with Crippen molar-refractivity contribution in [2.24, 2.45) is 0 Å². The van der Waals surface area contributed by atoms with Gasteiger partial charge in [-0.1, -0.05) is 22.9 Å². The lowest BCUT2D eigenvalue weighted by Crippen LogP contribution is -2.28. The number of aromatic nitrogens is 1. The van der Waals surface area contributed by atoms with Crippen LogP contribution < -0.4 is 10.1 Å². The molecule has 0 saturated heterocycles. The van der Waals surface area contributed by atoms with Crippen LogP contribution in [-0.4, -0.2) is 23.0 Å². The second-order valence-corrected chi connectivity index (χ2v) is 6.41. The molecule has 0 spiro atoms. The summed E-state index contributed by atoms with van der Waals surface area (Å²) in [5, 5.41) is 3.49. The number of hydrogen-bond donors (Lipinski definition) is 1. The number of nitrogens with zero attached hydrogens (tertiary/aromatic N) is 1. The highest BCUT2D eigenvalue weighted by Crippen LogP contribution is 2.23. The Balaban J connectivity index is 2.68. The van der Waals surface area contributed by atoms with E-state index in [0.717, 1.165) is 35.5 Å². The quantitative estimate of drug-likeness (QED) is 0.818. The molecule has 18 heavy (non-hydrogen) atoms. The van der Waals surface area contributed by atoms with Crippen molar-refractivity contribution in [1.82, 2.24) is 10.3 Å². The van der Waals surface area contributed by atoms with E-state index >= 15 is 0 Å². The van der Waals surface area contributed by atoms with Crippen LogP contribution in [0.2, 0.25) is 0 Å². The third-order valence-corrected chi connectivity index (χ3v) is 3.42. The van der Waals surface area contributed by atoms with Crippen LogP contribution in [0.4, 0.5) is 0 Å². The second kappa shape index (κ2) is 7.10. The molecule has 1 rings (SSSR count). The molecule has 0 aromatic carbocycles. The highest BCUT2D eigenvalue weighted by molar-refractivity contribution is 9.09. The fourth-order valence-corrected chi connectivity index (χ4v) is 2.65. The summed E-state index contributed by atoms with van der Waals surface area (Å²) in [6.07, 6.45) is 2.97. The SMILES string of the molecule is COc1c(C)cnc(CNC(C)CC(C)Br)c1C. The molecular formula is C14H23BrN2O. The molecule has 1 N–H and O–H groups in total. The van der Waals surface area contributed by atoms with E-state index in [1.165, 1.54) is 0 Å². The molecule has 2 atom stereocenters. The van der Waals surface area contributed by atoms with E-state index in [2.05, 4.69) is 47.0 Å². The van der Waals surface area contributed by atoms with Crippen molar-refractivity contribution in [3.05, 3.63) is 23.0 Å². The summed E-state index contributed by atoms with van der Waals surface area (Å²) in [6, 6.07) is 0.466.